The van der Waals surface area contributed by atoms with E-state index in [9.17, 15) is 0 Å². The van der Waals surface area contributed by atoms with E-state index in [1.54, 1.807) is 0 Å². The molecule has 2 aromatic rings. The van der Waals surface area contributed by atoms with Crippen LogP contribution < -0.4 is 5.73 Å². The highest BCUT2D eigenvalue weighted by molar-refractivity contribution is 5.67. The van der Waals surface area contributed by atoms with Gasteiger partial charge in [-0.25, -0.2) is 9.97 Å². The van der Waals surface area contributed by atoms with E-state index in [1.165, 1.54) is 11.3 Å². The molecule has 0 radical (unpaired) electrons. The smallest absolute Gasteiger partial charge is 0.220 e. The topological polar surface area (TPSA) is 69.6 Å². The van der Waals surface area contributed by atoms with Crippen molar-refractivity contribution < 1.29 is 0 Å². The van der Waals surface area contributed by atoms with Crippen molar-refractivity contribution in [3.63, 3.8) is 0 Å². The second-order valence-electron chi connectivity index (χ2n) is 4.35. The molecule has 1 aliphatic rings. The maximum Gasteiger partial charge on any atom is 0.220 e. The lowest BCUT2D eigenvalue weighted by Crippen LogP contribution is -2.10. The maximum atomic E-state index is 5.68. The number of aryl methyl sites for hydroxylation is 3. The molecule has 0 spiro atoms. The minimum Gasteiger partial charge on any atom is -0.368 e. The van der Waals surface area contributed by atoms with Gasteiger partial charge in [0, 0.05) is 18.8 Å². The van der Waals surface area contributed by atoms with Crippen LogP contribution in [0.15, 0.2) is 6.20 Å². The van der Waals surface area contributed by atoms with Crippen molar-refractivity contribution >= 4 is 5.95 Å². The van der Waals surface area contributed by atoms with Crippen LogP contribution >= 0.6 is 0 Å². The van der Waals surface area contributed by atoms with E-state index < -0.39 is 0 Å². The minimum atomic E-state index is 0.329. The molecule has 1 aliphatic carbocycles. The molecule has 0 fully saturated rings. The van der Waals surface area contributed by atoms with Gasteiger partial charge in [0.25, 0.3) is 0 Å². The molecule has 0 saturated heterocycles. The van der Waals surface area contributed by atoms with Crippen LogP contribution in [0.2, 0.25) is 0 Å². The molecule has 0 bridgehead atoms. The first-order chi connectivity index (χ1) is 8.20. The zero-order valence-corrected chi connectivity index (χ0v) is 10.1. The molecule has 5 heteroatoms. The van der Waals surface area contributed by atoms with Gasteiger partial charge in [0.2, 0.25) is 5.95 Å². The van der Waals surface area contributed by atoms with Crippen LogP contribution in [0.25, 0.3) is 11.4 Å². The summed E-state index contributed by atoms with van der Waals surface area (Å²) >= 11 is 0. The molecule has 0 amide bonds. The van der Waals surface area contributed by atoms with E-state index in [-0.39, 0.29) is 0 Å². The molecule has 0 atom stereocenters. The lowest BCUT2D eigenvalue weighted by Gasteiger charge is -2.16. The molecule has 5 nitrogen and oxygen atoms in total. The second-order valence-corrected chi connectivity index (χ2v) is 4.35. The van der Waals surface area contributed by atoms with Crippen molar-refractivity contribution in [2.24, 2.45) is 7.05 Å². The van der Waals surface area contributed by atoms with E-state index in [0.717, 1.165) is 36.2 Å². The van der Waals surface area contributed by atoms with Crippen molar-refractivity contribution in [2.75, 3.05) is 5.73 Å². The van der Waals surface area contributed by atoms with E-state index >= 15 is 0 Å². The Morgan fingerprint density at radius 2 is 2.24 bits per heavy atom. The Hall–Kier alpha value is -1.91. The number of nitrogens with zero attached hydrogens (tertiary/aromatic N) is 4. The first-order valence-corrected chi connectivity index (χ1v) is 5.87. The van der Waals surface area contributed by atoms with Crippen LogP contribution in [-0.2, 0) is 26.3 Å². The van der Waals surface area contributed by atoms with Crippen molar-refractivity contribution in [2.45, 2.75) is 26.2 Å². The van der Waals surface area contributed by atoms with Gasteiger partial charge in [-0.05, 0) is 24.8 Å². The quantitative estimate of drug-likeness (QED) is 0.795. The zero-order valence-electron chi connectivity index (χ0n) is 10.1. The molecule has 2 aromatic heterocycles. The predicted octanol–water partition coefficient (Wildman–Crippen LogP) is 1.12. The second kappa shape index (κ2) is 3.55. The Labute approximate surface area is 99.7 Å². The Kier molecular flexibility index (Phi) is 2.14. The van der Waals surface area contributed by atoms with E-state index in [1.807, 2.05) is 17.9 Å². The highest BCUT2D eigenvalue weighted by atomic mass is 15.3. The average Bonchev–Trinajstić information content (AvgIpc) is 2.66. The first kappa shape index (κ1) is 10.3. The van der Waals surface area contributed by atoms with Crippen molar-refractivity contribution in [1.82, 2.24) is 19.7 Å². The largest absolute Gasteiger partial charge is 0.368 e. The third kappa shape index (κ3) is 1.42. The Morgan fingerprint density at radius 1 is 1.41 bits per heavy atom. The third-order valence-electron chi connectivity index (χ3n) is 3.32. The van der Waals surface area contributed by atoms with E-state index in [0.29, 0.717) is 5.95 Å². The van der Waals surface area contributed by atoms with Gasteiger partial charge < -0.3 is 5.73 Å². The number of nitrogen functional groups attached to an aromatic ring is 1. The van der Waals surface area contributed by atoms with Gasteiger partial charge in [0.1, 0.15) is 0 Å². The standard InChI is InChI=1S/C12H15N5/c1-3-9-8-5-4-7-6-14-12(13)15-10(7)11(8)17(2)16-9/h6H,3-5H2,1-2H3,(H2,13,14,15). The monoisotopic (exact) mass is 229 g/mol. The third-order valence-corrected chi connectivity index (χ3v) is 3.32. The highest BCUT2D eigenvalue weighted by Crippen LogP contribution is 2.33. The number of hydrogen-bond donors (Lipinski definition) is 1. The summed E-state index contributed by atoms with van der Waals surface area (Å²) in [5, 5.41) is 4.55. The van der Waals surface area contributed by atoms with Crippen LogP contribution in [0.3, 0.4) is 0 Å². The number of fused-ring (bicyclic) bond motifs is 3. The number of nitrogens with two attached hydrogens (primary N) is 1. The number of aromatic nitrogens is 4. The van der Waals surface area contributed by atoms with Crippen molar-refractivity contribution in [3.05, 3.63) is 23.0 Å². The van der Waals surface area contributed by atoms with E-state index in [2.05, 4.69) is 22.0 Å². The summed E-state index contributed by atoms with van der Waals surface area (Å²) < 4.78 is 1.92. The lowest BCUT2D eigenvalue weighted by atomic mass is 9.93. The van der Waals surface area contributed by atoms with Gasteiger partial charge >= 0.3 is 0 Å². The zero-order chi connectivity index (χ0) is 12.0. The van der Waals surface area contributed by atoms with Crippen LogP contribution in [0.4, 0.5) is 5.95 Å². The lowest BCUT2D eigenvalue weighted by molar-refractivity contribution is 0.749. The minimum absolute atomic E-state index is 0.329. The predicted molar refractivity (Wildman–Crippen MR) is 65.4 cm³/mol. The molecule has 0 unspecified atom stereocenters. The van der Waals surface area contributed by atoms with Crippen molar-refractivity contribution in [1.29, 1.82) is 0 Å². The van der Waals surface area contributed by atoms with Crippen molar-refractivity contribution in [3.8, 4) is 11.4 Å². The van der Waals surface area contributed by atoms with Gasteiger partial charge in [-0.15, -0.1) is 0 Å². The molecule has 0 saturated carbocycles. The van der Waals surface area contributed by atoms with Gasteiger partial charge in [0.15, 0.2) is 0 Å². The first-order valence-electron chi connectivity index (χ1n) is 5.87. The fourth-order valence-electron chi connectivity index (χ4n) is 2.53. The molecule has 0 aromatic carbocycles. The summed E-state index contributed by atoms with van der Waals surface area (Å²) in [6, 6.07) is 0. The molecule has 2 heterocycles. The normalized spacial score (nSPS) is 13.3. The summed E-state index contributed by atoms with van der Waals surface area (Å²) in [6.07, 6.45) is 4.78. The summed E-state index contributed by atoms with van der Waals surface area (Å²) in [7, 11) is 1.96. The number of hydrogen-bond acceptors (Lipinski definition) is 4. The Morgan fingerprint density at radius 3 is 3.00 bits per heavy atom. The summed E-state index contributed by atoms with van der Waals surface area (Å²) in [4.78, 5) is 8.43. The molecule has 0 aliphatic heterocycles. The average molecular weight is 229 g/mol. The van der Waals surface area contributed by atoms with Crippen LogP contribution in [0, 0.1) is 0 Å². The Bertz CT molecular complexity index is 585. The van der Waals surface area contributed by atoms with Gasteiger partial charge in [-0.2, -0.15) is 5.10 Å². The van der Waals surface area contributed by atoms with Crippen LogP contribution in [0.5, 0.6) is 0 Å². The summed E-state index contributed by atoms with van der Waals surface area (Å²) in [6.45, 7) is 2.13. The maximum absolute atomic E-state index is 5.68. The molecular weight excluding hydrogens is 214 g/mol. The number of anilines is 1. The fourth-order valence-corrected chi connectivity index (χ4v) is 2.53. The summed E-state index contributed by atoms with van der Waals surface area (Å²) in [5.41, 5.74) is 11.4. The number of rotatable bonds is 1. The van der Waals surface area contributed by atoms with E-state index in [4.69, 9.17) is 5.73 Å². The molecule has 17 heavy (non-hydrogen) atoms. The molecule has 88 valence electrons. The Balaban J connectivity index is 2.28. The molecule has 2 N–H and O–H groups in total. The fraction of sp³-hybridized carbons (Fsp3) is 0.417. The highest BCUT2D eigenvalue weighted by Gasteiger charge is 2.24. The van der Waals surface area contributed by atoms with Gasteiger partial charge in [-0.3, -0.25) is 4.68 Å². The molecular formula is C12H15N5. The van der Waals surface area contributed by atoms with Gasteiger partial charge in [0.05, 0.1) is 17.1 Å². The molecule has 3 rings (SSSR count). The van der Waals surface area contributed by atoms with Gasteiger partial charge in [-0.1, -0.05) is 6.92 Å². The SMILES string of the molecule is CCc1nn(C)c2c1CCc1cnc(N)nc1-2. The van der Waals surface area contributed by atoms with Crippen LogP contribution in [0.1, 0.15) is 23.7 Å². The summed E-state index contributed by atoms with van der Waals surface area (Å²) in [5.74, 6) is 0.329. The van der Waals surface area contributed by atoms with Crippen LogP contribution in [-0.4, -0.2) is 19.7 Å².